The van der Waals surface area contributed by atoms with Gasteiger partial charge in [0.2, 0.25) is 0 Å². The van der Waals surface area contributed by atoms with Crippen LogP contribution >= 0.6 is 0 Å². The molecular weight excluding hydrogens is 266 g/mol. The molecule has 1 aromatic carbocycles. The molecule has 0 radical (unpaired) electrons. The van der Waals surface area contributed by atoms with Crippen molar-refractivity contribution in [1.29, 1.82) is 0 Å². The lowest BCUT2D eigenvalue weighted by Crippen LogP contribution is -1.84. The number of hydrogen-bond acceptors (Lipinski definition) is 5. The summed E-state index contributed by atoms with van der Waals surface area (Å²) in [6.45, 7) is 5.80. The Hall–Kier alpha value is -2.76. The van der Waals surface area contributed by atoms with Crippen LogP contribution in [-0.2, 0) is 0 Å². The van der Waals surface area contributed by atoms with E-state index in [0.29, 0.717) is 17.2 Å². The Labute approximate surface area is 121 Å². The van der Waals surface area contributed by atoms with Gasteiger partial charge in [0.1, 0.15) is 5.75 Å². The van der Waals surface area contributed by atoms with Crippen molar-refractivity contribution >= 4 is 22.5 Å². The number of pyridine rings is 1. The zero-order valence-corrected chi connectivity index (χ0v) is 12.0. The minimum Gasteiger partial charge on any atom is -0.508 e. The summed E-state index contributed by atoms with van der Waals surface area (Å²) in [6, 6.07) is 6.95. The fourth-order valence-electron chi connectivity index (χ4n) is 2.28. The average Bonchev–Trinajstić information content (AvgIpc) is 2.81. The predicted octanol–water partition coefficient (Wildman–Crippen LogP) is 4.00. The van der Waals surface area contributed by atoms with Gasteiger partial charge in [-0.1, -0.05) is 0 Å². The summed E-state index contributed by atoms with van der Waals surface area (Å²) in [5.41, 5.74) is 4.18. The first-order valence-corrected chi connectivity index (χ1v) is 6.58. The molecule has 0 unspecified atom stereocenters. The van der Waals surface area contributed by atoms with Crippen molar-refractivity contribution in [2.75, 3.05) is 0 Å². The average molecular weight is 281 g/mol. The molecule has 0 aliphatic heterocycles. The molecule has 0 bridgehead atoms. The van der Waals surface area contributed by atoms with Gasteiger partial charge in [-0.3, -0.25) is 5.10 Å². The molecule has 6 nitrogen and oxygen atoms in total. The maximum atomic E-state index is 9.40. The Morgan fingerprint density at radius 3 is 2.62 bits per heavy atom. The summed E-state index contributed by atoms with van der Waals surface area (Å²) in [5.74, 6) is 0.802. The number of nitrogens with one attached hydrogen (secondary N) is 1. The molecule has 2 heterocycles. The third-order valence-electron chi connectivity index (χ3n) is 3.27. The molecule has 0 spiro atoms. The number of aromatic nitrogens is 3. The zero-order chi connectivity index (χ0) is 15.0. The molecule has 0 aliphatic carbocycles. The number of hydrogen-bond donors (Lipinski definition) is 2. The number of nitrogens with zero attached hydrogens (tertiary/aromatic N) is 4. The molecule has 0 amide bonds. The number of aryl methyl sites for hydroxylation is 3. The van der Waals surface area contributed by atoms with Gasteiger partial charge in [-0.2, -0.15) is 5.10 Å². The number of aromatic amines is 1. The largest absolute Gasteiger partial charge is 0.508 e. The summed E-state index contributed by atoms with van der Waals surface area (Å²) in [5, 5.41) is 25.7. The number of phenolic OH excluding ortho intramolecular Hbond substituents is 1. The molecule has 0 saturated heterocycles. The Kier molecular flexibility index (Phi) is 3.13. The Bertz CT molecular complexity index is 851. The number of H-pyrrole nitrogens is 1. The molecule has 3 rings (SSSR count). The lowest BCUT2D eigenvalue weighted by molar-refractivity contribution is 0.475. The molecule has 0 fully saturated rings. The van der Waals surface area contributed by atoms with E-state index in [1.165, 1.54) is 0 Å². The Morgan fingerprint density at radius 1 is 1.05 bits per heavy atom. The summed E-state index contributed by atoms with van der Waals surface area (Å²) in [7, 11) is 0. The van der Waals surface area contributed by atoms with E-state index in [9.17, 15) is 5.11 Å². The van der Waals surface area contributed by atoms with Crippen LogP contribution in [0.15, 0.2) is 34.5 Å². The van der Waals surface area contributed by atoms with Crippen LogP contribution in [0.2, 0.25) is 0 Å². The molecule has 0 atom stereocenters. The van der Waals surface area contributed by atoms with Gasteiger partial charge in [-0.25, -0.2) is 4.98 Å². The third-order valence-corrected chi connectivity index (χ3v) is 3.27. The molecule has 3 aromatic rings. The van der Waals surface area contributed by atoms with Crippen molar-refractivity contribution in [1.82, 2.24) is 15.2 Å². The summed E-state index contributed by atoms with van der Waals surface area (Å²) >= 11 is 0. The molecule has 6 heteroatoms. The lowest BCUT2D eigenvalue weighted by atomic mass is 10.2. The highest BCUT2D eigenvalue weighted by Gasteiger charge is 2.09. The van der Waals surface area contributed by atoms with Crippen molar-refractivity contribution < 1.29 is 5.11 Å². The highest BCUT2D eigenvalue weighted by molar-refractivity contribution is 5.88. The minimum absolute atomic E-state index is 0.217. The summed E-state index contributed by atoms with van der Waals surface area (Å²) in [4.78, 5) is 4.36. The van der Waals surface area contributed by atoms with Crippen molar-refractivity contribution in [3.8, 4) is 5.75 Å². The van der Waals surface area contributed by atoms with Gasteiger partial charge >= 0.3 is 0 Å². The van der Waals surface area contributed by atoms with Gasteiger partial charge < -0.3 is 5.11 Å². The lowest BCUT2D eigenvalue weighted by Gasteiger charge is -2.00. The first-order chi connectivity index (χ1) is 10.0. The number of rotatable bonds is 2. The summed E-state index contributed by atoms with van der Waals surface area (Å²) in [6.07, 6.45) is 0. The van der Waals surface area contributed by atoms with Gasteiger partial charge in [-0.15, -0.1) is 10.2 Å². The third kappa shape index (κ3) is 2.47. The van der Waals surface area contributed by atoms with E-state index in [4.69, 9.17) is 0 Å². The second-order valence-electron chi connectivity index (χ2n) is 5.02. The van der Waals surface area contributed by atoms with Crippen molar-refractivity contribution in [2.24, 2.45) is 10.2 Å². The SMILES string of the molecule is Cc1cc(C)c2c(N=Nc3ccc(O)cc3C)[nH]nc2n1. The molecule has 2 aromatic heterocycles. The van der Waals surface area contributed by atoms with Crippen LogP contribution in [0.3, 0.4) is 0 Å². The minimum atomic E-state index is 0.217. The fourth-order valence-corrected chi connectivity index (χ4v) is 2.28. The van der Waals surface area contributed by atoms with Crippen LogP contribution in [0, 0.1) is 20.8 Å². The van der Waals surface area contributed by atoms with E-state index in [2.05, 4.69) is 25.4 Å². The summed E-state index contributed by atoms with van der Waals surface area (Å²) < 4.78 is 0. The maximum Gasteiger partial charge on any atom is 0.183 e. The van der Waals surface area contributed by atoms with Crippen LogP contribution in [0.5, 0.6) is 5.75 Å². The van der Waals surface area contributed by atoms with E-state index in [-0.39, 0.29) is 5.75 Å². The molecule has 21 heavy (non-hydrogen) atoms. The number of azo groups is 1. The van der Waals surface area contributed by atoms with Crippen LogP contribution in [0.25, 0.3) is 11.0 Å². The van der Waals surface area contributed by atoms with Crippen molar-refractivity contribution in [2.45, 2.75) is 20.8 Å². The van der Waals surface area contributed by atoms with E-state index >= 15 is 0 Å². The number of fused-ring (bicyclic) bond motifs is 1. The highest BCUT2D eigenvalue weighted by Crippen LogP contribution is 2.29. The highest BCUT2D eigenvalue weighted by atomic mass is 16.3. The van der Waals surface area contributed by atoms with E-state index in [0.717, 1.165) is 22.2 Å². The zero-order valence-electron chi connectivity index (χ0n) is 12.0. The number of phenols is 1. The maximum absolute atomic E-state index is 9.40. The monoisotopic (exact) mass is 281 g/mol. The van der Waals surface area contributed by atoms with E-state index in [1.54, 1.807) is 18.2 Å². The van der Waals surface area contributed by atoms with Crippen LogP contribution in [-0.4, -0.2) is 20.3 Å². The van der Waals surface area contributed by atoms with Crippen LogP contribution in [0.4, 0.5) is 11.5 Å². The van der Waals surface area contributed by atoms with Crippen LogP contribution in [0.1, 0.15) is 16.8 Å². The molecule has 0 aliphatic rings. The molecular formula is C15H15N5O. The Morgan fingerprint density at radius 2 is 1.86 bits per heavy atom. The van der Waals surface area contributed by atoms with E-state index < -0.39 is 0 Å². The van der Waals surface area contributed by atoms with Crippen molar-refractivity contribution in [3.63, 3.8) is 0 Å². The first-order valence-electron chi connectivity index (χ1n) is 6.58. The number of aromatic hydroxyl groups is 1. The fraction of sp³-hybridized carbons (Fsp3) is 0.200. The van der Waals surface area contributed by atoms with Gasteiger partial charge in [0.25, 0.3) is 0 Å². The van der Waals surface area contributed by atoms with Crippen LogP contribution < -0.4 is 0 Å². The Balaban J connectivity index is 2.04. The normalized spacial score (nSPS) is 11.6. The molecule has 106 valence electrons. The smallest absolute Gasteiger partial charge is 0.183 e. The van der Waals surface area contributed by atoms with E-state index in [1.807, 2.05) is 26.8 Å². The first kappa shape index (κ1) is 13.2. The second-order valence-corrected chi connectivity index (χ2v) is 5.02. The van der Waals surface area contributed by atoms with Gasteiger partial charge in [0.15, 0.2) is 11.5 Å². The van der Waals surface area contributed by atoms with Crippen molar-refractivity contribution in [3.05, 3.63) is 41.1 Å². The van der Waals surface area contributed by atoms with Gasteiger partial charge in [0, 0.05) is 5.69 Å². The van der Waals surface area contributed by atoms with Gasteiger partial charge in [0.05, 0.1) is 11.1 Å². The second kappa shape index (κ2) is 4.97. The molecule has 2 N–H and O–H groups in total. The molecule has 0 saturated carbocycles. The predicted molar refractivity (Wildman–Crippen MR) is 80.4 cm³/mol. The number of benzene rings is 1. The quantitative estimate of drug-likeness (QED) is 0.696. The van der Waals surface area contributed by atoms with Gasteiger partial charge in [-0.05, 0) is 56.2 Å². The standard InChI is InChI=1S/C15H15N5O/c1-8-7-11(21)4-5-12(8)17-19-15-13-9(2)6-10(3)16-14(13)18-20-15/h4-7,21H,1-3H3,(H,16,18,20). The topological polar surface area (TPSA) is 86.5 Å².